The molecule has 8 heteroatoms. The van der Waals surface area contributed by atoms with Crippen LogP contribution in [0.1, 0.15) is 18.9 Å². The van der Waals surface area contributed by atoms with Crippen molar-refractivity contribution in [2.45, 2.75) is 19.9 Å². The van der Waals surface area contributed by atoms with E-state index in [1.165, 1.54) is 0 Å². The van der Waals surface area contributed by atoms with Crippen LogP contribution in [0.25, 0.3) is 5.69 Å². The smallest absolute Gasteiger partial charge is 0.196 e. The van der Waals surface area contributed by atoms with Crippen molar-refractivity contribution in [3.8, 4) is 11.4 Å². The lowest BCUT2D eigenvalue weighted by Crippen LogP contribution is -2.30. The zero-order chi connectivity index (χ0) is 21.0. The lowest BCUT2D eigenvalue weighted by Gasteiger charge is -2.14. The number of anilines is 1. The van der Waals surface area contributed by atoms with Gasteiger partial charge >= 0.3 is 0 Å². The Morgan fingerprint density at radius 1 is 1.13 bits per heavy atom. The van der Waals surface area contributed by atoms with Crippen molar-refractivity contribution < 1.29 is 9.47 Å². The molecule has 3 rings (SSSR count). The number of ether oxygens (including phenoxy) is 2. The van der Waals surface area contributed by atoms with Gasteiger partial charge in [-0.25, -0.2) is 9.98 Å². The van der Waals surface area contributed by atoms with E-state index >= 15 is 0 Å². The molecule has 0 fully saturated rings. The van der Waals surface area contributed by atoms with Crippen molar-refractivity contribution in [1.29, 1.82) is 0 Å². The third-order valence-corrected chi connectivity index (χ3v) is 4.38. The van der Waals surface area contributed by atoms with Gasteiger partial charge in [-0.1, -0.05) is 24.3 Å². The minimum atomic E-state index is 0. The average Bonchev–Trinajstić information content (AvgIpc) is 3.31. The maximum Gasteiger partial charge on any atom is 0.196 e. The summed E-state index contributed by atoms with van der Waals surface area (Å²) in [6.45, 7) is 4.66. The second kappa shape index (κ2) is 13.7. The van der Waals surface area contributed by atoms with Gasteiger partial charge < -0.3 is 24.7 Å². The first-order valence-electron chi connectivity index (χ1n) is 10.1. The van der Waals surface area contributed by atoms with Crippen LogP contribution in [-0.4, -0.2) is 42.4 Å². The molecule has 0 amide bonds. The summed E-state index contributed by atoms with van der Waals surface area (Å²) in [7, 11) is 1.69. The Labute approximate surface area is 200 Å². The summed E-state index contributed by atoms with van der Waals surface area (Å²) in [4.78, 5) is 8.91. The van der Waals surface area contributed by atoms with Crippen LogP contribution in [0.4, 0.5) is 5.69 Å². The number of imidazole rings is 1. The minimum absolute atomic E-state index is 0. The molecule has 2 aromatic carbocycles. The van der Waals surface area contributed by atoms with E-state index in [0.29, 0.717) is 19.8 Å². The number of aromatic nitrogens is 2. The van der Waals surface area contributed by atoms with Gasteiger partial charge in [0, 0.05) is 50.8 Å². The van der Waals surface area contributed by atoms with Gasteiger partial charge in [0.1, 0.15) is 5.75 Å². The van der Waals surface area contributed by atoms with Gasteiger partial charge in [-0.2, -0.15) is 0 Å². The summed E-state index contributed by atoms with van der Waals surface area (Å²) in [6, 6.07) is 16.1. The summed E-state index contributed by atoms with van der Waals surface area (Å²) in [5, 5.41) is 6.66. The van der Waals surface area contributed by atoms with Gasteiger partial charge in [0.2, 0.25) is 0 Å². The van der Waals surface area contributed by atoms with Crippen molar-refractivity contribution in [2.24, 2.45) is 4.99 Å². The quantitative estimate of drug-likeness (QED) is 0.173. The molecule has 0 saturated carbocycles. The Hall–Kier alpha value is -2.59. The highest BCUT2D eigenvalue weighted by Gasteiger charge is 2.05. The molecule has 31 heavy (non-hydrogen) atoms. The molecule has 0 atom stereocenters. The number of guanidine groups is 1. The third kappa shape index (κ3) is 7.87. The topological polar surface area (TPSA) is 72.7 Å². The number of hydrogen-bond donors (Lipinski definition) is 2. The van der Waals surface area contributed by atoms with Crippen molar-refractivity contribution in [3.05, 3.63) is 72.8 Å². The number of para-hydroxylation sites is 1. The molecule has 166 valence electrons. The fraction of sp³-hybridized carbons (Fsp3) is 0.304. The fourth-order valence-corrected chi connectivity index (χ4v) is 2.96. The normalized spacial score (nSPS) is 11.0. The maximum absolute atomic E-state index is 5.79. The Balaban J connectivity index is 0.00000341. The van der Waals surface area contributed by atoms with E-state index in [1.807, 2.05) is 54.1 Å². The molecule has 7 nitrogen and oxygen atoms in total. The maximum atomic E-state index is 5.79. The standard InChI is InChI=1S/C23H29N5O2.HI/c1-3-25-23(27-20-9-6-10-21(16-20)30-15-7-14-29-2)26-17-19-8-4-5-11-22(19)28-13-12-24-18-28;/h4-6,8-13,16,18H,3,7,14-15,17H2,1-2H3,(H2,25,26,27);1H. The van der Waals surface area contributed by atoms with Gasteiger partial charge in [0.15, 0.2) is 5.96 Å². The van der Waals surface area contributed by atoms with Crippen molar-refractivity contribution in [1.82, 2.24) is 14.9 Å². The molecule has 0 unspecified atom stereocenters. The van der Waals surface area contributed by atoms with Gasteiger partial charge in [-0.05, 0) is 30.7 Å². The monoisotopic (exact) mass is 535 g/mol. The fourth-order valence-electron chi connectivity index (χ4n) is 2.96. The molecule has 0 saturated heterocycles. The first-order chi connectivity index (χ1) is 14.8. The van der Waals surface area contributed by atoms with E-state index in [2.05, 4.69) is 27.8 Å². The van der Waals surface area contributed by atoms with Crippen LogP contribution < -0.4 is 15.4 Å². The van der Waals surface area contributed by atoms with Gasteiger partial charge in [-0.3, -0.25) is 0 Å². The molecule has 0 aliphatic carbocycles. The Bertz CT molecular complexity index is 931. The summed E-state index contributed by atoms with van der Waals surface area (Å²) in [6.07, 6.45) is 6.36. The van der Waals surface area contributed by atoms with E-state index in [0.717, 1.165) is 41.6 Å². The number of hydrogen-bond acceptors (Lipinski definition) is 4. The Kier molecular flexibility index (Phi) is 10.9. The molecule has 1 heterocycles. The highest BCUT2D eigenvalue weighted by Crippen LogP contribution is 2.18. The molecule has 0 spiro atoms. The molecule has 3 aromatic rings. The van der Waals surface area contributed by atoms with Crippen LogP contribution in [-0.2, 0) is 11.3 Å². The molecule has 0 bridgehead atoms. The zero-order valence-corrected chi connectivity index (χ0v) is 20.3. The number of rotatable bonds is 10. The predicted molar refractivity (Wildman–Crippen MR) is 136 cm³/mol. The number of halogens is 1. The molecule has 0 aliphatic rings. The van der Waals surface area contributed by atoms with E-state index in [-0.39, 0.29) is 24.0 Å². The summed E-state index contributed by atoms with van der Waals surface area (Å²) in [5.74, 6) is 1.53. The summed E-state index contributed by atoms with van der Waals surface area (Å²) < 4.78 is 12.8. The summed E-state index contributed by atoms with van der Waals surface area (Å²) in [5.41, 5.74) is 3.10. The highest BCUT2D eigenvalue weighted by molar-refractivity contribution is 14.0. The molecule has 2 N–H and O–H groups in total. The second-order valence-corrected chi connectivity index (χ2v) is 6.64. The number of aliphatic imine (C=N–C) groups is 1. The van der Waals surface area contributed by atoms with Crippen LogP contribution >= 0.6 is 24.0 Å². The minimum Gasteiger partial charge on any atom is -0.493 e. The van der Waals surface area contributed by atoms with E-state index in [4.69, 9.17) is 14.5 Å². The SMILES string of the molecule is CCNC(=NCc1ccccc1-n1ccnc1)Nc1cccc(OCCCOC)c1.I. The van der Waals surface area contributed by atoms with Gasteiger partial charge in [0.25, 0.3) is 0 Å². The van der Waals surface area contributed by atoms with Crippen LogP contribution in [0, 0.1) is 0 Å². The Morgan fingerprint density at radius 3 is 2.77 bits per heavy atom. The molecule has 1 aromatic heterocycles. The van der Waals surface area contributed by atoms with Crippen molar-refractivity contribution in [3.63, 3.8) is 0 Å². The van der Waals surface area contributed by atoms with Gasteiger partial charge in [-0.15, -0.1) is 24.0 Å². The molecular weight excluding hydrogens is 505 g/mol. The number of nitrogens with one attached hydrogen (secondary N) is 2. The number of benzene rings is 2. The van der Waals surface area contributed by atoms with Crippen LogP contribution in [0.5, 0.6) is 5.75 Å². The Morgan fingerprint density at radius 2 is 2.00 bits per heavy atom. The number of nitrogens with zero attached hydrogens (tertiary/aromatic N) is 3. The van der Waals surface area contributed by atoms with Crippen LogP contribution in [0.3, 0.4) is 0 Å². The molecular formula is C23H30IN5O2. The van der Waals surface area contributed by atoms with Gasteiger partial charge in [0.05, 0.1) is 25.2 Å². The second-order valence-electron chi connectivity index (χ2n) is 6.64. The van der Waals surface area contributed by atoms with E-state index in [9.17, 15) is 0 Å². The third-order valence-electron chi connectivity index (χ3n) is 4.38. The van der Waals surface area contributed by atoms with Crippen LogP contribution in [0.2, 0.25) is 0 Å². The molecule has 0 aliphatic heterocycles. The van der Waals surface area contributed by atoms with E-state index in [1.54, 1.807) is 19.6 Å². The summed E-state index contributed by atoms with van der Waals surface area (Å²) >= 11 is 0. The zero-order valence-electron chi connectivity index (χ0n) is 18.0. The average molecular weight is 535 g/mol. The predicted octanol–water partition coefficient (Wildman–Crippen LogP) is 4.48. The molecule has 0 radical (unpaired) electrons. The first kappa shape index (κ1) is 24.7. The van der Waals surface area contributed by atoms with Crippen molar-refractivity contribution >= 4 is 35.6 Å². The lowest BCUT2D eigenvalue weighted by molar-refractivity contribution is 0.172. The first-order valence-corrected chi connectivity index (χ1v) is 10.1. The largest absolute Gasteiger partial charge is 0.493 e. The van der Waals surface area contributed by atoms with Crippen molar-refractivity contribution in [2.75, 3.05) is 32.2 Å². The van der Waals surface area contributed by atoms with E-state index < -0.39 is 0 Å². The lowest BCUT2D eigenvalue weighted by atomic mass is 10.2. The number of methoxy groups -OCH3 is 1. The highest BCUT2D eigenvalue weighted by atomic mass is 127. The van der Waals surface area contributed by atoms with Crippen LogP contribution in [0.15, 0.2) is 72.2 Å².